The van der Waals surface area contributed by atoms with Crippen molar-refractivity contribution in [2.24, 2.45) is 0 Å². The normalized spacial score (nSPS) is 14.5. The minimum absolute atomic E-state index is 0.347. The minimum atomic E-state index is -0.347. The van der Waals surface area contributed by atoms with Crippen molar-refractivity contribution in [3.63, 3.8) is 0 Å². The van der Waals surface area contributed by atoms with Gasteiger partial charge in [0.25, 0.3) is 0 Å². The van der Waals surface area contributed by atoms with Crippen LogP contribution in [0.2, 0.25) is 0 Å². The van der Waals surface area contributed by atoms with Gasteiger partial charge in [0.1, 0.15) is 5.75 Å². The van der Waals surface area contributed by atoms with Gasteiger partial charge in [0.2, 0.25) is 0 Å². The molecule has 0 spiro atoms. The number of benzene rings is 2. The third-order valence-corrected chi connectivity index (χ3v) is 5.08. The maximum atomic E-state index is 11.2. The zero-order valence-electron chi connectivity index (χ0n) is 17.5. The van der Waals surface area contributed by atoms with Crippen LogP contribution < -0.4 is 19.1 Å². The number of esters is 1. The standard InChI is InChI=1S/C23H30N2O4/c1-4-28-21-8-6-5-7-20(21)25-15-13-24(14-16-25)12-11-19-9-10-22(29-18(2)26)23(17-19)27-3/h5-10,17H,4,11-16H2,1-3H3. The average Bonchev–Trinajstić information content (AvgIpc) is 2.74. The number of para-hydroxylation sites is 2. The number of hydrogen-bond acceptors (Lipinski definition) is 6. The largest absolute Gasteiger partial charge is 0.493 e. The molecule has 0 bridgehead atoms. The van der Waals surface area contributed by atoms with Gasteiger partial charge < -0.3 is 19.1 Å². The molecule has 0 aromatic heterocycles. The number of carbonyl (C=O) groups excluding carboxylic acids is 1. The Bertz CT molecular complexity index is 816. The molecule has 6 heteroatoms. The number of methoxy groups -OCH3 is 1. The summed E-state index contributed by atoms with van der Waals surface area (Å²) in [6.07, 6.45) is 0.923. The summed E-state index contributed by atoms with van der Waals surface area (Å²) in [6, 6.07) is 14.0. The van der Waals surface area contributed by atoms with Gasteiger partial charge in [-0.05, 0) is 43.2 Å². The number of ether oxygens (including phenoxy) is 3. The first-order valence-corrected chi connectivity index (χ1v) is 10.1. The molecule has 156 valence electrons. The van der Waals surface area contributed by atoms with Crippen molar-refractivity contribution >= 4 is 11.7 Å². The summed E-state index contributed by atoms with van der Waals surface area (Å²) < 4.78 is 16.3. The van der Waals surface area contributed by atoms with Crippen LogP contribution in [0.3, 0.4) is 0 Å². The maximum absolute atomic E-state index is 11.2. The number of nitrogens with zero attached hydrogens (tertiary/aromatic N) is 2. The molecule has 1 aliphatic heterocycles. The first-order valence-electron chi connectivity index (χ1n) is 10.1. The lowest BCUT2D eigenvalue weighted by Crippen LogP contribution is -2.47. The van der Waals surface area contributed by atoms with E-state index in [4.69, 9.17) is 14.2 Å². The number of carbonyl (C=O) groups is 1. The molecule has 0 atom stereocenters. The van der Waals surface area contributed by atoms with Crippen LogP contribution in [0.5, 0.6) is 17.2 Å². The Morgan fingerprint density at radius 3 is 2.45 bits per heavy atom. The predicted molar refractivity (Wildman–Crippen MR) is 114 cm³/mol. The fourth-order valence-corrected chi connectivity index (χ4v) is 3.60. The number of piperazine rings is 1. The monoisotopic (exact) mass is 398 g/mol. The van der Waals surface area contributed by atoms with Crippen LogP contribution in [0, 0.1) is 0 Å². The van der Waals surface area contributed by atoms with Gasteiger partial charge in [-0.25, -0.2) is 0 Å². The summed E-state index contributed by atoms with van der Waals surface area (Å²) >= 11 is 0. The average molecular weight is 399 g/mol. The third kappa shape index (κ3) is 5.64. The van der Waals surface area contributed by atoms with Gasteiger partial charge in [-0.15, -0.1) is 0 Å². The van der Waals surface area contributed by atoms with Crippen molar-refractivity contribution in [2.45, 2.75) is 20.3 Å². The lowest BCUT2D eigenvalue weighted by atomic mass is 10.1. The second-order valence-electron chi connectivity index (χ2n) is 7.06. The fraction of sp³-hybridized carbons (Fsp3) is 0.435. The molecular formula is C23H30N2O4. The number of anilines is 1. The van der Waals surface area contributed by atoms with Crippen molar-refractivity contribution in [3.8, 4) is 17.2 Å². The van der Waals surface area contributed by atoms with E-state index in [0.717, 1.165) is 44.9 Å². The van der Waals surface area contributed by atoms with Crippen LogP contribution in [0.1, 0.15) is 19.4 Å². The Labute approximate surface area is 173 Å². The molecule has 2 aromatic rings. The van der Waals surface area contributed by atoms with Gasteiger partial charge in [0, 0.05) is 39.6 Å². The molecule has 6 nitrogen and oxygen atoms in total. The van der Waals surface area contributed by atoms with E-state index in [-0.39, 0.29) is 5.97 Å². The first kappa shape index (κ1) is 21.0. The number of rotatable bonds is 8. The summed E-state index contributed by atoms with van der Waals surface area (Å²) in [5.41, 5.74) is 2.35. The van der Waals surface area contributed by atoms with Gasteiger partial charge >= 0.3 is 5.97 Å². The van der Waals surface area contributed by atoms with E-state index >= 15 is 0 Å². The highest BCUT2D eigenvalue weighted by Gasteiger charge is 2.19. The maximum Gasteiger partial charge on any atom is 0.308 e. The van der Waals surface area contributed by atoms with E-state index in [1.165, 1.54) is 18.2 Å². The van der Waals surface area contributed by atoms with Gasteiger partial charge in [-0.3, -0.25) is 9.69 Å². The van der Waals surface area contributed by atoms with Gasteiger partial charge in [-0.1, -0.05) is 18.2 Å². The lowest BCUT2D eigenvalue weighted by Gasteiger charge is -2.36. The summed E-state index contributed by atoms with van der Waals surface area (Å²) in [5.74, 6) is 1.67. The SMILES string of the molecule is CCOc1ccccc1N1CCN(CCc2ccc(OC(C)=O)c(OC)c2)CC1. The van der Waals surface area contributed by atoms with Crippen LogP contribution in [0.25, 0.3) is 0 Å². The van der Waals surface area contributed by atoms with Gasteiger partial charge in [0.05, 0.1) is 19.4 Å². The van der Waals surface area contributed by atoms with Gasteiger partial charge in [-0.2, -0.15) is 0 Å². The van der Waals surface area contributed by atoms with Crippen LogP contribution in [0.15, 0.2) is 42.5 Å². The lowest BCUT2D eigenvalue weighted by molar-refractivity contribution is -0.132. The molecule has 0 unspecified atom stereocenters. The van der Waals surface area contributed by atoms with E-state index in [0.29, 0.717) is 18.1 Å². The summed E-state index contributed by atoms with van der Waals surface area (Å²) in [7, 11) is 1.59. The van der Waals surface area contributed by atoms with Crippen molar-refractivity contribution in [1.82, 2.24) is 4.90 Å². The molecule has 2 aromatic carbocycles. The predicted octanol–water partition coefficient (Wildman–Crippen LogP) is 3.38. The van der Waals surface area contributed by atoms with Crippen molar-refractivity contribution in [2.75, 3.05) is 51.3 Å². The molecule has 0 aliphatic carbocycles. The molecule has 0 amide bonds. The molecule has 0 saturated carbocycles. The molecule has 1 fully saturated rings. The van der Waals surface area contributed by atoms with Crippen molar-refractivity contribution < 1.29 is 19.0 Å². The van der Waals surface area contributed by atoms with E-state index in [2.05, 4.69) is 21.9 Å². The second kappa shape index (κ2) is 10.2. The van der Waals surface area contributed by atoms with Gasteiger partial charge in [0.15, 0.2) is 11.5 Å². The Morgan fingerprint density at radius 1 is 1.00 bits per heavy atom. The zero-order chi connectivity index (χ0) is 20.6. The zero-order valence-corrected chi connectivity index (χ0v) is 17.5. The van der Waals surface area contributed by atoms with Crippen molar-refractivity contribution in [3.05, 3.63) is 48.0 Å². The van der Waals surface area contributed by atoms with E-state index < -0.39 is 0 Å². The minimum Gasteiger partial charge on any atom is -0.493 e. The quantitative estimate of drug-likeness (QED) is 0.502. The van der Waals surface area contributed by atoms with Crippen LogP contribution in [-0.4, -0.2) is 57.3 Å². The smallest absolute Gasteiger partial charge is 0.308 e. The second-order valence-corrected chi connectivity index (χ2v) is 7.06. The molecule has 1 saturated heterocycles. The molecule has 1 heterocycles. The Morgan fingerprint density at radius 2 is 1.76 bits per heavy atom. The molecule has 0 radical (unpaired) electrons. The molecule has 3 rings (SSSR count). The number of hydrogen-bond donors (Lipinski definition) is 0. The molecule has 1 aliphatic rings. The van der Waals surface area contributed by atoms with E-state index in [1.54, 1.807) is 13.2 Å². The molecule has 29 heavy (non-hydrogen) atoms. The Hall–Kier alpha value is -2.73. The highest BCUT2D eigenvalue weighted by molar-refractivity contribution is 5.70. The fourth-order valence-electron chi connectivity index (χ4n) is 3.60. The van der Waals surface area contributed by atoms with Crippen LogP contribution in [-0.2, 0) is 11.2 Å². The summed E-state index contributed by atoms with van der Waals surface area (Å²) in [4.78, 5) is 16.1. The Kier molecular flexibility index (Phi) is 7.36. The van der Waals surface area contributed by atoms with Crippen LogP contribution >= 0.6 is 0 Å². The van der Waals surface area contributed by atoms with Crippen molar-refractivity contribution in [1.29, 1.82) is 0 Å². The molecule has 0 N–H and O–H groups in total. The highest BCUT2D eigenvalue weighted by atomic mass is 16.6. The van der Waals surface area contributed by atoms with Crippen LogP contribution in [0.4, 0.5) is 5.69 Å². The molecular weight excluding hydrogens is 368 g/mol. The Balaban J connectivity index is 1.53. The van der Waals surface area contributed by atoms with E-state index in [9.17, 15) is 4.79 Å². The first-order chi connectivity index (χ1) is 14.1. The summed E-state index contributed by atoms with van der Waals surface area (Å²) in [6.45, 7) is 9.07. The third-order valence-electron chi connectivity index (χ3n) is 5.08. The topological polar surface area (TPSA) is 51.2 Å². The summed E-state index contributed by atoms with van der Waals surface area (Å²) in [5, 5.41) is 0. The highest BCUT2D eigenvalue weighted by Crippen LogP contribution is 2.30. The van der Waals surface area contributed by atoms with E-state index in [1.807, 2.05) is 31.2 Å².